The largest absolute Gasteiger partial charge is 0.481 e. The highest BCUT2D eigenvalue weighted by Gasteiger charge is 2.21. The number of unbranched alkanes of at least 4 members (excludes halogenated alkanes) is 13. The standard InChI is InChI=1S/C26H48O4/c1-3-5-6-7-8-9-10-11-12-13-14-15-16-17-18-19-20-21-24(26(28)29)23-25(27)30-22-4-2/h11-12,24H,3-10,13-23H2,1-2H3,(H,28,29)/b12-11+. The van der Waals surface area contributed by atoms with E-state index in [1.54, 1.807) is 0 Å². The first-order chi connectivity index (χ1) is 14.6. The van der Waals surface area contributed by atoms with E-state index in [9.17, 15) is 14.7 Å². The van der Waals surface area contributed by atoms with Gasteiger partial charge in [-0.3, -0.25) is 9.59 Å². The summed E-state index contributed by atoms with van der Waals surface area (Å²) in [6, 6.07) is 0. The van der Waals surface area contributed by atoms with Crippen molar-refractivity contribution in [1.82, 2.24) is 0 Å². The van der Waals surface area contributed by atoms with Crippen LogP contribution in [-0.4, -0.2) is 23.7 Å². The van der Waals surface area contributed by atoms with Gasteiger partial charge in [-0.25, -0.2) is 0 Å². The van der Waals surface area contributed by atoms with Gasteiger partial charge < -0.3 is 9.84 Å². The lowest BCUT2D eigenvalue weighted by Crippen LogP contribution is -2.19. The van der Waals surface area contributed by atoms with Crippen molar-refractivity contribution < 1.29 is 19.4 Å². The molecule has 30 heavy (non-hydrogen) atoms. The molecular weight excluding hydrogens is 376 g/mol. The third kappa shape index (κ3) is 20.0. The Morgan fingerprint density at radius 2 is 1.23 bits per heavy atom. The number of carbonyl (C=O) groups excluding carboxylic acids is 1. The maximum Gasteiger partial charge on any atom is 0.307 e. The molecule has 0 aromatic rings. The molecule has 0 saturated heterocycles. The lowest BCUT2D eigenvalue weighted by Gasteiger charge is -2.11. The summed E-state index contributed by atoms with van der Waals surface area (Å²) in [7, 11) is 0. The molecule has 0 radical (unpaired) electrons. The van der Waals surface area contributed by atoms with Crippen LogP contribution in [0.5, 0.6) is 0 Å². The lowest BCUT2D eigenvalue weighted by atomic mass is 9.97. The average Bonchev–Trinajstić information content (AvgIpc) is 2.73. The Hall–Kier alpha value is -1.32. The molecule has 0 spiro atoms. The Morgan fingerprint density at radius 1 is 0.733 bits per heavy atom. The number of hydrogen-bond acceptors (Lipinski definition) is 3. The van der Waals surface area contributed by atoms with Gasteiger partial charge >= 0.3 is 11.9 Å². The van der Waals surface area contributed by atoms with Crippen molar-refractivity contribution in [2.45, 2.75) is 129 Å². The van der Waals surface area contributed by atoms with E-state index in [0.717, 1.165) is 25.7 Å². The van der Waals surface area contributed by atoms with Crippen LogP contribution in [-0.2, 0) is 14.3 Å². The number of aliphatic carboxylic acids is 1. The zero-order chi connectivity index (χ0) is 22.3. The molecule has 0 aromatic heterocycles. The number of ether oxygens (including phenoxy) is 1. The third-order valence-corrected chi connectivity index (χ3v) is 5.54. The van der Waals surface area contributed by atoms with E-state index in [0.29, 0.717) is 13.0 Å². The van der Waals surface area contributed by atoms with Crippen molar-refractivity contribution in [3.8, 4) is 0 Å². The second-order valence-corrected chi connectivity index (χ2v) is 8.54. The minimum atomic E-state index is -0.881. The Balaban J connectivity index is 3.48. The summed E-state index contributed by atoms with van der Waals surface area (Å²) >= 11 is 0. The molecule has 0 amide bonds. The van der Waals surface area contributed by atoms with Crippen LogP contribution in [0.15, 0.2) is 12.2 Å². The fourth-order valence-electron chi connectivity index (χ4n) is 3.60. The fourth-order valence-corrected chi connectivity index (χ4v) is 3.60. The van der Waals surface area contributed by atoms with Crippen molar-refractivity contribution in [2.75, 3.05) is 6.61 Å². The summed E-state index contributed by atoms with van der Waals surface area (Å²) in [5.74, 6) is -1.87. The van der Waals surface area contributed by atoms with Gasteiger partial charge in [0.05, 0.1) is 18.9 Å². The molecule has 4 nitrogen and oxygen atoms in total. The van der Waals surface area contributed by atoms with Gasteiger partial charge in [0.2, 0.25) is 0 Å². The molecule has 176 valence electrons. The molecule has 0 fully saturated rings. The summed E-state index contributed by atoms with van der Waals surface area (Å²) in [6.45, 7) is 4.56. The van der Waals surface area contributed by atoms with E-state index in [-0.39, 0.29) is 12.4 Å². The second kappa shape index (κ2) is 22.4. The van der Waals surface area contributed by atoms with Crippen LogP contribution in [0, 0.1) is 5.92 Å². The Morgan fingerprint density at radius 3 is 1.73 bits per heavy atom. The lowest BCUT2D eigenvalue weighted by molar-refractivity contribution is -0.151. The molecule has 0 bridgehead atoms. The van der Waals surface area contributed by atoms with Crippen molar-refractivity contribution >= 4 is 11.9 Å². The van der Waals surface area contributed by atoms with Crippen molar-refractivity contribution in [2.24, 2.45) is 5.92 Å². The number of carboxylic acid groups (broad SMARTS) is 1. The highest BCUT2D eigenvalue weighted by Crippen LogP contribution is 2.17. The molecular formula is C26H48O4. The number of carbonyl (C=O) groups is 2. The highest BCUT2D eigenvalue weighted by atomic mass is 16.5. The van der Waals surface area contributed by atoms with Crippen LogP contribution >= 0.6 is 0 Å². The summed E-state index contributed by atoms with van der Waals surface area (Å²) in [4.78, 5) is 22.9. The van der Waals surface area contributed by atoms with Gasteiger partial charge in [-0.05, 0) is 38.5 Å². The first-order valence-corrected chi connectivity index (χ1v) is 12.6. The molecule has 0 rings (SSSR count). The molecule has 4 heteroatoms. The number of rotatable bonds is 22. The Bertz CT molecular complexity index is 431. The monoisotopic (exact) mass is 424 g/mol. The fraction of sp³-hybridized carbons (Fsp3) is 0.846. The molecule has 0 aliphatic heterocycles. The van der Waals surface area contributed by atoms with Gasteiger partial charge in [0, 0.05) is 0 Å². The smallest absolute Gasteiger partial charge is 0.307 e. The van der Waals surface area contributed by atoms with E-state index in [1.807, 2.05) is 6.92 Å². The maximum atomic E-state index is 11.6. The second-order valence-electron chi connectivity index (χ2n) is 8.54. The summed E-state index contributed by atoms with van der Waals surface area (Å²) in [5, 5.41) is 9.27. The van der Waals surface area contributed by atoms with E-state index in [4.69, 9.17) is 4.74 Å². The van der Waals surface area contributed by atoms with Gasteiger partial charge in [-0.15, -0.1) is 0 Å². The third-order valence-electron chi connectivity index (χ3n) is 5.54. The predicted octanol–water partition coefficient (Wildman–Crippen LogP) is 7.85. The molecule has 0 aromatic carbocycles. The van der Waals surface area contributed by atoms with Gasteiger partial charge in [0.25, 0.3) is 0 Å². The van der Waals surface area contributed by atoms with Crippen LogP contribution in [0.1, 0.15) is 129 Å². The predicted molar refractivity (Wildman–Crippen MR) is 126 cm³/mol. The minimum absolute atomic E-state index is 0.00169. The van der Waals surface area contributed by atoms with E-state index >= 15 is 0 Å². The molecule has 0 saturated carbocycles. The number of esters is 1. The molecule has 0 aliphatic carbocycles. The number of hydrogen-bond donors (Lipinski definition) is 1. The van der Waals surface area contributed by atoms with Gasteiger partial charge in [-0.1, -0.05) is 96.6 Å². The minimum Gasteiger partial charge on any atom is -0.481 e. The average molecular weight is 425 g/mol. The van der Waals surface area contributed by atoms with E-state index in [1.165, 1.54) is 77.0 Å². The van der Waals surface area contributed by atoms with Crippen molar-refractivity contribution in [1.29, 1.82) is 0 Å². The molecule has 0 heterocycles. The van der Waals surface area contributed by atoms with Crippen LogP contribution in [0.4, 0.5) is 0 Å². The first-order valence-electron chi connectivity index (χ1n) is 12.6. The van der Waals surface area contributed by atoms with Crippen LogP contribution < -0.4 is 0 Å². The first kappa shape index (κ1) is 28.7. The number of allylic oxidation sites excluding steroid dienone is 2. The molecule has 1 unspecified atom stereocenters. The maximum absolute atomic E-state index is 11.6. The van der Waals surface area contributed by atoms with E-state index in [2.05, 4.69) is 19.1 Å². The quantitative estimate of drug-likeness (QED) is 0.109. The van der Waals surface area contributed by atoms with E-state index < -0.39 is 11.9 Å². The normalized spacial score (nSPS) is 12.3. The molecule has 1 atom stereocenters. The summed E-state index contributed by atoms with van der Waals surface area (Å²) in [6.07, 6.45) is 24.8. The summed E-state index contributed by atoms with van der Waals surface area (Å²) in [5.41, 5.74) is 0. The van der Waals surface area contributed by atoms with Gasteiger partial charge in [0.15, 0.2) is 0 Å². The summed E-state index contributed by atoms with van der Waals surface area (Å²) < 4.78 is 5.00. The molecule has 1 N–H and O–H groups in total. The van der Waals surface area contributed by atoms with Crippen molar-refractivity contribution in [3.05, 3.63) is 12.2 Å². The van der Waals surface area contributed by atoms with Gasteiger partial charge in [-0.2, -0.15) is 0 Å². The van der Waals surface area contributed by atoms with Gasteiger partial charge in [0.1, 0.15) is 0 Å². The van der Waals surface area contributed by atoms with Crippen LogP contribution in [0.2, 0.25) is 0 Å². The Kier molecular flexibility index (Phi) is 21.4. The van der Waals surface area contributed by atoms with Crippen LogP contribution in [0.3, 0.4) is 0 Å². The van der Waals surface area contributed by atoms with Crippen molar-refractivity contribution in [3.63, 3.8) is 0 Å². The highest BCUT2D eigenvalue weighted by molar-refractivity contribution is 5.78. The van der Waals surface area contributed by atoms with Crippen LogP contribution in [0.25, 0.3) is 0 Å². The molecule has 0 aliphatic rings. The zero-order valence-electron chi connectivity index (χ0n) is 19.8. The Labute approximate surface area is 185 Å². The topological polar surface area (TPSA) is 63.6 Å². The zero-order valence-corrected chi connectivity index (χ0v) is 19.8. The SMILES string of the molecule is CCCCCCCC/C=C/CCCCCCCCCC(CC(=O)OCCC)C(=O)O. The number of carboxylic acids is 1.